The van der Waals surface area contributed by atoms with E-state index in [2.05, 4.69) is 4.98 Å². The lowest BCUT2D eigenvalue weighted by Crippen LogP contribution is -2.02. The van der Waals surface area contributed by atoms with Crippen molar-refractivity contribution in [1.82, 2.24) is 4.98 Å². The number of nitrogens with two attached hydrogens (primary N) is 1. The normalized spacial score (nSPS) is 10.5. The van der Waals surface area contributed by atoms with E-state index >= 15 is 0 Å². The van der Waals surface area contributed by atoms with E-state index in [1.165, 1.54) is 12.1 Å². The average molecular weight is 280 g/mol. The van der Waals surface area contributed by atoms with Crippen LogP contribution in [0.4, 0.5) is 5.69 Å². The van der Waals surface area contributed by atoms with Crippen LogP contribution in [0.3, 0.4) is 0 Å². The Morgan fingerprint density at radius 2 is 1.90 bits per heavy atom. The van der Waals surface area contributed by atoms with E-state index < -0.39 is 5.97 Å². The number of rotatable bonds is 3. The highest BCUT2D eigenvalue weighted by Crippen LogP contribution is 2.26. The number of aromatic carboxylic acids is 1. The van der Waals surface area contributed by atoms with Gasteiger partial charge in [-0.1, -0.05) is 18.2 Å². The van der Waals surface area contributed by atoms with Gasteiger partial charge in [-0.25, -0.2) is 4.79 Å². The summed E-state index contributed by atoms with van der Waals surface area (Å²) in [5.41, 5.74) is 6.69. The molecule has 3 N–H and O–H groups in total. The molecule has 0 unspecified atom stereocenters. The van der Waals surface area contributed by atoms with Crippen molar-refractivity contribution in [3.63, 3.8) is 0 Å². The first kappa shape index (κ1) is 12.9. The van der Waals surface area contributed by atoms with Gasteiger partial charge in [0.25, 0.3) is 0 Å². The molecule has 1 heterocycles. The third kappa shape index (κ3) is 2.62. The molecule has 1 aromatic heterocycles. The second-order valence-electron chi connectivity index (χ2n) is 4.52. The lowest BCUT2D eigenvalue weighted by atomic mass is 10.1. The van der Waals surface area contributed by atoms with Gasteiger partial charge < -0.3 is 15.6 Å². The summed E-state index contributed by atoms with van der Waals surface area (Å²) in [5, 5.41) is 10.00. The molecule has 0 saturated carbocycles. The number of carbonyl (C=O) groups is 1. The largest absolute Gasteiger partial charge is 0.478 e. The Kier molecular flexibility index (Phi) is 3.16. The Hall–Kier alpha value is -3.08. The second-order valence-corrected chi connectivity index (χ2v) is 4.52. The highest BCUT2D eigenvalue weighted by Gasteiger charge is 2.10. The summed E-state index contributed by atoms with van der Waals surface area (Å²) in [6.07, 6.45) is 1.60. The number of hydrogen-bond acceptors (Lipinski definition) is 4. The third-order valence-corrected chi connectivity index (χ3v) is 3.06. The van der Waals surface area contributed by atoms with Crippen LogP contribution in [0.25, 0.3) is 10.9 Å². The van der Waals surface area contributed by atoms with Crippen molar-refractivity contribution in [2.45, 2.75) is 0 Å². The van der Waals surface area contributed by atoms with Crippen molar-refractivity contribution in [2.75, 3.05) is 5.73 Å². The molecular weight excluding hydrogens is 268 g/mol. The molecule has 0 bridgehead atoms. The van der Waals surface area contributed by atoms with Crippen LogP contribution < -0.4 is 10.5 Å². The molecule has 5 heteroatoms. The maximum absolute atomic E-state index is 11.1. The number of fused-ring (bicyclic) bond motifs is 1. The number of anilines is 1. The zero-order chi connectivity index (χ0) is 14.8. The summed E-state index contributed by atoms with van der Waals surface area (Å²) in [6, 6.07) is 14.0. The van der Waals surface area contributed by atoms with Gasteiger partial charge in [-0.15, -0.1) is 0 Å². The van der Waals surface area contributed by atoms with E-state index in [9.17, 15) is 4.79 Å². The van der Waals surface area contributed by atoms with Crippen molar-refractivity contribution < 1.29 is 14.6 Å². The topological polar surface area (TPSA) is 85.4 Å². The van der Waals surface area contributed by atoms with Crippen molar-refractivity contribution in [1.29, 1.82) is 0 Å². The second kappa shape index (κ2) is 5.13. The average Bonchev–Trinajstić information content (AvgIpc) is 2.49. The molecule has 0 aliphatic rings. The molecule has 21 heavy (non-hydrogen) atoms. The summed E-state index contributed by atoms with van der Waals surface area (Å²) in [5.74, 6) is -0.150. The van der Waals surface area contributed by atoms with E-state index in [4.69, 9.17) is 15.6 Å². The molecule has 3 rings (SSSR count). The minimum atomic E-state index is -1.09. The van der Waals surface area contributed by atoms with E-state index in [0.717, 1.165) is 10.9 Å². The van der Waals surface area contributed by atoms with E-state index in [1.54, 1.807) is 12.3 Å². The molecule has 0 radical (unpaired) electrons. The molecule has 2 aromatic carbocycles. The number of nitrogens with zero attached hydrogens (tertiary/aromatic N) is 1. The molecule has 5 nitrogen and oxygen atoms in total. The molecule has 0 spiro atoms. The maximum atomic E-state index is 11.1. The number of nitrogen functional groups attached to an aromatic ring is 1. The van der Waals surface area contributed by atoms with Gasteiger partial charge in [0.1, 0.15) is 11.5 Å². The Morgan fingerprint density at radius 1 is 1.10 bits per heavy atom. The van der Waals surface area contributed by atoms with Gasteiger partial charge in [0.15, 0.2) is 0 Å². The van der Waals surface area contributed by atoms with Crippen LogP contribution in [-0.2, 0) is 0 Å². The highest BCUT2D eigenvalue weighted by atomic mass is 16.5. The van der Waals surface area contributed by atoms with Gasteiger partial charge in [0.2, 0.25) is 0 Å². The Morgan fingerprint density at radius 3 is 2.71 bits per heavy atom. The van der Waals surface area contributed by atoms with Crippen molar-refractivity contribution in [3.8, 4) is 11.5 Å². The quantitative estimate of drug-likeness (QED) is 0.719. The number of benzene rings is 2. The van der Waals surface area contributed by atoms with E-state index in [-0.39, 0.29) is 11.3 Å². The molecule has 0 fully saturated rings. The molecular formula is C16H12N2O3. The Bertz CT molecular complexity index is 831. The monoisotopic (exact) mass is 280 g/mol. The van der Waals surface area contributed by atoms with Gasteiger partial charge in [-0.2, -0.15) is 0 Å². The van der Waals surface area contributed by atoms with Crippen LogP contribution in [0.2, 0.25) is 0 Å². The van der Waals surface area contributed by atoms with Crippen LogP contribution in [0.5, 0.6) is 11.5 Å². The molecule has 0 aliphatic carbocycles. The Balaban J connectivity index is 1.94. The van der Waals surface area contributed by atoms with Crippen molar-refractivity contribution in [2.24, 2.45) is 0 Å². The molecule has 3 aromatic rings. The fraction of sp³-hybridized carbons (Fsp3) is 0. The Labute approximate surface area is 120 Å². The molecule has 0 saturated heterocycles. The number of ether oxygens (including phenoxy) is 1. The predicted molar refractivity (Wildman–Crippen MR) is 79.6 cm³/mol. The summed E-state index contributed by atoms with van der Waals surface area (Å²) in [6.45, 7) is 0. The minimum Gasteiger partial charge on any atom is -0.478 e. The number of para-hydroxylation sites is 1. The first-order chi connectivity index (χ1) is 10.1. The molecule has 0 atom stereocenters. The summed E-state index contributed by atoms with van der Waals surface area (Å²) >= 11 is 0. The zero-order valence-electron chi connectivity index (χ0n) is 11.0. The number of carboxylic acids is 1. The zero-order valence-corrected chi connectivity index (χ0v) is 11.0. The van der Waals surface area contributed by atoms with Gasteiger partial charge in [-0.05, 0) is 30.3 Å². The fourth-order valence-corrected chi connectivity index (χ4v) is 2.03. The lowest BCUT2D eigenvalue weighted by molar-refractivity contribution is 0.0697. The number of aromatic nitrogens is 1. The highest BCUT2D eigenvalue weighted by molar-refractivity contribution is 5.94. The first-order valence-electron chi connectivity index (χ1n) is 6.29. The van der Waals surface area contributed by atoms with Gasteiger partial charge in [-0.3, -0.25) is 4.98 Å². The minimum absolute atomic E-state index is 0.0150. The lowest BCUT2D eigenvalue weighted by Gasteiger charge is -2.08. The molecule has 104 valence electrons. The van der Waals surface area contributed by atoms with Crippen LogP contribution in [0.15, 0.2) is 54.7 Å². The number of pyridine rings is 1. The molecule has 0 amide bonds. The standard InChI is InChI=1S/C16H12N2O3/c17-14-6-5-11(8-13(14)16(19)20)21-12-7-10-3-1-2-4-15(10)18-9-12/h1-9H,17H2,(H,19,20). The fourth-order valence-electron chi connectivity index (χ4n) is 2.03. The first-order valence-corrected chi connectivity index (χ1v) is 6.29. The van der Waals surface area contributed by atoms with Crippen LogP contribution in [-0.4, -0.2) is 16.1 Å². The third-order valence-electron chi connectivity index (χ3n) is 3.06. The van der Waals surface area contributed by atoms with Crippen molar-refractivity contribution >= 4 is 22.6 Å². The summed E-state index contributed by atoms with van der Waals surface area (Å²) < 4.78 is 5.65. The van der Waals surface area contributed by atoms with Crippen LogP contribution in [0.1, 0.15) is 10.4 Å². The summed E-state index contributed by atoms with van der Waals surface area (Å²) in [7, 11) is 0. The van der Waals surface area contributed by atoms with Crippen molar-refractivity contribution in [3.05, 3.63) is 60.3 Å². The summed E-state index contributed by atoms with van der Waals surface area (Å²) in [4.78, 5) is 15.3. The van der Waals surface area contributed by atoms with E-state index in [0.29, 0.717) is 11.5 Å². The number of carboxylic acid groups (broad SMARTS) is 1. The van der Waals surface area contributed by atoms with Crippen LogP contribution >= 0.6 is 0 Å². The predicted octanol–water partition coefficient (Wildman–Crippen LogP) is 3.31. The molecule has 0 aliphatic heterocycles. The SMILES string of the molecule is Nc1ccc(Oc2cnc3ccccc3c2)cc1C(=O)O. The van der Waals surface area contributed by atoms with Gasteiger partial charge >= 0.3 is 5.97 Å². The smallest absolute Gasteiger partial charge is 0.337 e. The maximum Gasteiger partial charge on any atom is 0.337 e. The van der Waals surface area contributed by atoms with Crippen LogP contribution in [0, 0.1) is 0 Å². The van der Waals surface area contributed by atoms with E-state index in [1.807, 2.05) is 30.3 Å². The van der Waals surface area contributed by atoms with Gasteiger partial charge in [0, 0.05) is 11.1 Å². The van der Waals surface area contributed by atoms with Gasteiger partial charge in [0.05, 0.1) is 17.3 Å². The number of hydrogen-bond donors (Lipinski definition) is 2.